The summed E-state index contributed by atoms with van der Waals surface area (Å²) in [5.74, 6) is 0.622. The zero-order valence-corrected chi connectivity index (χ0v) is 8.64. The molecule has 0 spiro atoms. The van der Waals surface area contributed by atoms with E-state index in [2.05, 4.69) is 0 Å². The van der Waals surface area contributed by atoms with Gasteiger partial charge in [0.05, 0.1) is 13.2 Å². The van der Waals surface area contributed by atoms with Crippen LogP contribution in [0.5, 0.6) is 5.75 Å². The lowest BCUT2D eigenvalue weighted by Crippen LogP contribution is -2.15. The van der Waals surface area contributed by atoms with Gasteiger partial charge in [-0.1, -0.05) is 12.1 Å². The summed E-state index contributed by atoms with van der Waals surface area (Å²) in [6, 6.07) is 6.61. The minimum Gasteiger partial charge on any atom is -0.496 e. The van der Waals surface area contributed by atoms with Crippen LogP contribution in [0.15, 0.2) is 18.2 Å². The average molecular weight is 207 g/mol. The predicted molar refractivity (Wildman–Crippen MR) is 54.3 cm³/mol. The van der Waals surface area contributed by atoms with E-state index >= 15 is 0 Å². The molecule has 0 radical (unpaired) electrons. The maximum Gasteiger partial charge on any atom is 0.170 e. The number of hydrogen-bond donors (Lipinski definition) is 2. The van der Waals surface area contributed by atoms with E-state index in [1.807, 2.05) is 6.92 Å². The summed E-state index contributed by atoms with van der Waals surface area (Å²) in [5.41, 5.74) is 1.39. The van der Waals surface area contributed by atoms with Crippen molar-refractivity contribution < 1.29 is 14.9 Å². The molecule has 4 nitrogen and oxygen atoms in total. The lowest BCUT2D eigenvalue weighted by molar-refractivity contribution is 0.0526. The number of methoxy groups -OCH3 is 1. The van der Waals surface area contributed by atoms with Crippen LogP contribution in [0.25, 0.3) is 0 Å². The maximum atomic E-state index is 9.57. The summed E-state index contributed by atoms with van der Waals surface area (Å²) in [5, 5.41) is 27.2. The number of benzene rings is 1. The number of nitrogens with zero attached hydrogens (tertiary/aromatic N) is 1. The molecular weight excluding hydrogens is 194 g/mol. The number of nitriles is 1. The Morgan fingerprint density at radius 3 is 2.60 bits per heavy atom. The minimum atomic E-state index is -1.42. The minimum absolute atomic E-state index is 0.464. The van der Waals surface area contributed by atoms with Crippen LogP contribution in [0.3, 0.4) is 0 Å². The molecule has 4 heteroatoms. The highest BCUT2D eigenvalue weighted by atomic mass is 16.5. The first-order valence-electron chi connectivity index (χ1n) is 4.50. The van der Waals surface area contributed by atoms with Gasteiger partial charge in [0.15, 0.2) is 6.10 Å². The molecule has 80 valence electrons. The molecule has 2 unspecified atom stereocenters. The molecule has 2 N–H and O–H groups in total. The molecular formula is C11H13NO3. The van der Waals surface area contributed by atoms with Crippen molar-refractivity contribution in [1.29, 1.82) is 5.26 Å². The van der Waals surface area contributed by atoms with Crippen molar-refractivity contribution >= 4 is 0 Å². The fraction of sp³-hybridized carbons (Fsp3) is 0.364. The molecule has 1 aromatic carbocycles. The van der Waals surface area contributed by atoms with E-state index in [1.54, 1.807) is 24.3 Å². The lowest BCUT2D eigenvalue weighted by atomic mass is 10.0. The largest absolute Gasteiger partial charge is 0.496 e. The van der Waals surface area contributed by atoms with Crippen molar-refractivity contribution in [1.82, 2.24) is 0 Å². The quantitative estimate of drug-likeness (QED) is 0.723. The van der Waals surface area contributed by atoms with E-state index < -0.39 is 12.2 Å². The van der Waals surface area contributed by atoms with Gasteiger partial charge in [0, 0.05) is 0 Å². The number of rotatable bonds is 3. The van der Waals surface area contributed by atoms with E-state index in [0.29, 0.717) is 11.3 Å². The van der Waals surface area contributed by atoms with Crippen molar-refractivity contribution in [3.8, 4) is 11.8 Å². The fourth-order valence-electron chi connectivity index (χ4n) is 1.27. The highest BCUT2D eigenvalue weighted by molar-refractivity contribution is 5.38. The van der Waals surface area contributed by atoms with E-state index in [4.69, 9.17) is 15.1 Å². The van der Waals surface area contributed by atoms with Gasteiger partial charge in [-0.05, 0) is 24.1 Å². The first-order chi connectivity index (χ1) is 7.10. The number of hydrogen-bond acceptors (Lipinski definition) is 4. The highest BCUT2D eigenvalue weighted by Crippen LogP contribution is 2.24. The van der Waals surface area contributed by atoms with Gasteiger partial charge in [-0.15, -0.1) is 0 Å². The molecule has 0 aliphatic heterocycles. The number of aliphatic hydroxyl groups is 2. The number of aliphatic hydroxyl groups excluding tert-OH is 2. The third-order valence-corrected chi connectivity index (χ3v) is 2.20. The second kappa shape index (κ2) is 4.78. The van der Waals surface area contributed by atoms with Crippen LogP contribution >= 0.6 is 0 Å². The van der Waals surface area contributed by atoms with Crippen LogP contribution in [0.1, 0.15) is 17.2 Å². The van der Waals surface area contributed by atoms with Gasteiger partial charge in [0.25, 0.3) is 0 Å². The van der Waals surface area contributed by atoms with Crippen LogP contribution in [0, 0.1) is 18.3 Å². The monoisotopic (exact) mass is 207 g/mol. The van der Waals surface area contributed by atoms with Crippen LogP contribution in [0.2, 0.25) is 0 Å². The molecule has 0 aliphatic carbocycles. The summed E-state index contributed by atoms with van der Waals surface area (Å²) < 4.78 is 5.07. The fourth-order valence-corrected chi connectivity index (χ4v) is 1.27. The Morgan fingerprint density at radius 1 is 1.40 bits per heavy atom. The molecule has 15 heavy (non-hydrogen) atoms. The van der Waals surface area contributed by atoms with E-state index in [9.17, 15) is 5.11 Å². The Labute approximate surface area is 88.4 Å². The van der Waals surface area contributed by atoms with Gasteiger partial charge in [0.2, 0.25) is 0 Å². The molecule has 0 heterocycles. The summed E-state index contributed by atoms with van der Waals surface area (Å²) in [7, 11) is 1.53. The Morgan fingerprint density at radius 2 is 2.07 bits per heavy atom. The van der Waals surface area contributed by atoms with E-state index in [-0.39, 0.29) is 0 Å². The zero-order valence-electron chi connectivity index (χ0n) is 8.64. The van der Waals surface area contributed by atoms with Crippen LogP contribution in [0.4, 0.5) is 0 Å². The normalized spacial score (nSPS) is 14.1. The summed E-state index contributed by atoms with van der Waals surface area (Å²) in [6.07, 6.45) is -2.62. The van der Waals surface area contributed by atoms with Crippen molar-refractivity contribution in [3.63, 3.8) is 0 Å². The van der Waals surface area contributed by atoms with Crippen molar-refractivity contribution in [2.24, 2.45) is 0 Å². The second-order valence-electron chi connectivity index (χ2n) is 3.25. The SMILES string of the molecule is COc1cc(C(O)C(O)C#N)ccc1C. The molecule has 0 aromatic heterocycles. The molecule has 0 bridgehead atoms. The average Bonchev–Trinajstić information content (AvgIpc) is 2.27. The van der Waals surface area contributed by atoms with E-state index in [1.165, 1.54) is 7.11 Å². The molecule has 0 saturated heterocycles. The van der Waals surface area contributed by atoms with E-state index in [0.717, 1.165) is 5.56 Å². The van der Waals surface area contributed by atoms with Crippen molar-refractivity contribution in [2.75, 3.05) is 7.11 Å². The lowest BCUT2D eigenvalue weighted by Gasteiger charge is -2.14. The zero-order chi connectivity index (χ0) is 11.4. The van der Waals surface area contributed by atoms with Gasteiger partial charge in [-0.25, -0.2) is 0 Å². The maximum absolute atomic E-state index is 9.57. The molecule has 2 atom stereocenters. The molecule has 0 fully saturated rings. The van der Waals surface area contributed by atoms with Gasteiger partial charge < -0.3 is 14.9 Å². The Hall–Kier alpha value is -1.57. The summed E-state index contributed by atoms with van der Waals surface area (Å²) in [4.78, 5) is 0. The third-order valence-electron chi connectivity index (χ3n) is 2.20. The first kappa shape index (κ1) is 11.5. The van der Waals surface area contributed by atoms with Gasteiger partial charge in [-0.2, -0.15) is 5.26 Å². The summed E-state index contributed by atoms with van der Waals surface area (Å²) >= 11 is 0. The van der Waals surface area contributed by atoms with Crippen LogP contribution in [-0.4, -0.2) is 23.4 Å². The Balaban J connectivity index is 3.01. The molecule has 1 rings (SSSR count). The highest BCUT2D eigenvalue weighted by Gasteiger charge is 2.18. The van der Waals surface area contributed by atoms with Crippen LogP contribution < -0.4 is 4.74 Å². The van der Waals surface area contributed by atoms with Crippen molar-refractivity contribution in [2.45, 2.75) is 19.1 Å². The Kier molecular flexibility index (Phi) is 3.67. The van der Waals surface area contributed by atoms with Gasteiger partial charge in [-0.3, -0.25) is 0 Å². The molecule has 1 aromatic rings. The number of aryl methyl sites for hydroxylation is 1. The second-order valence-corrected chi connectivity index (χ2v) is 3.25. The molecule has 0 saturated carbocycles. The number of ether oxygens (including phenoxy) is 1. The standard InChI is InChI=1S/C11H13NO3/c1-7-3-4-8(5-10(7)15-2)11(14)9(13)6-12/h3-5,9,11,13-14H,1-2H3. The smallest absolute Gasteiger partial charge is 0.170 e. The third kappa shape index (κ3) is 2.46. The van der Waals surface area contributed by atoms with Crippen molar-refractivity contribution in [3.05, 3.63) is 29.3 Å². The molecule has 0 amide bonds. The van der Waals surface area contributed by atoms with Gasteiger partial charge in [0.1, 0.15) is 11.9 Å². The van der Waals surface area contributed by atoms with Gasteiger partial charge >= 0.3 is 0 Å². The summed E-state index contributed by atoms with van der Waals surface area (Å²) in [6.45, 7) is 1.87. The predicted octanol–water partition coefficient (Wildman–Crippen LogP) is 0.921. The van der Waals surface area contributed by atoms with Crippen LogP contribution in [-0.2, 0) is 0 Å². The Bertz CT molecular complexity index is 384. The molecule has 0 aliphatic rings. The first-order valence-corrected chi connectivity index (χ1v) is 4.50. The topological polar surface area (TPSA) is 73.5 Å².